The average Bonchev–Trinajstić information content (AvgIpc) is 2.55. The first-order valence-electron chi connectivity index (χ1n) is 8.01. The number of rotatable bonds is 4. The first-order chi connectivity index (χ1) is 11.5. The Hall–Kier alpha value is -2.21. The summed E-state index contributed by atoms with van der Waals surface area (Å²) in [5, 5.41) is 14.2. The summed E-state index contributed by atoms with van der Waals surface area (Å²) in [5.41, 5.74) is 0.0479. The molecule has 4 nitrogen and oxygen atoms in total. The van der Waals surface area contributed by atoms with Crippen molar-refractivity contribution in [3.05, 3.63) is 42.0 Å². The lowest BCUT2D eigenvalue weighted by molar-refractivity contribution is -0.0501. The Kier molecular flexibility index (Phi) is 4.94. The van der Waals surface area contributed by atoms with E-state index in [0.29, 0.717) is 18.2 Å². The zero-order valence-electron chi connectivity index (χ0n) is 13.0. The van der Waals surface area contributed by atoms with Crippen LogP contribution in [-0.2, 0) is 0 Å². The summed E-state index contributed by atoms with van der Waals surface area (Å²) in [7, 11) is 0. The molecule has 2 unspecified atom stereocenters. The highest BCUT2D eigenvalue weighted by molar-refractivity contribution is 6.01. The lowest BCUT2D eigenvalue weighted by atomic mass is 9.92. The van der Waals surface area contributed by atoms with Gasteiger partial charge >= 0.3 is 6.61 Å². The van der Waals surface area contributed by atoms with E-state index in [1.165, 1.54) is 12.1 Å². The summed E-state index contributed by atoms with van der Waals surface area (Å²) in [5.74, 6) is -0.672. The van der Waals surface area contributed by atoms with Crippen molar-refractivity contribution >= 4 is 16.7 Å². The molecular formula is C18H19F2NO3. The molecule has 2 aromatic rings. The zero-order valence-corrected chi connectivity index (χ0v) is 13.0. The van der Waals surface area contributed by atoms with Gasteiger partial charge in [-0.25, -0.2) is 0 Å². The fourth-order valence-corrected chi connectivity index (χ4v) is 3.12. The van der Waals surface area contributed by atoms with Gasteiger partial charge < -0.3 is 15.2 Å². The number of carbonyl (C=O) groups excluding carboxylic acids is 1. The maximum absolute atomic E-state index is 12.7. The second-order valence-electron chi connectivity index (χ2n) is 6.01. The molecule has 0 aromatic heterocycles. The van der Waals surface area contributed by atoms with Crippen LogP contribution in [0, 0.1) is 0 Å². The molecule has 2 atom stereocenters. The largest absolute Gasteiger partial charge is 0.434 e. The third-order valence-electron chi connectivity index (χ3n) is 4.35. The van der Waals surface area contributed by atoms with E-state index < -0.39 is 18.6 Å². The number of fused-ring (bicyclic) bond motifs is 1. The number of halogens is 2. The molecule has 1 aliphatic rings. The summed E-state index contributed by atoms with van der Waals surface area (Å²) in [6.45, 7) is -3.02. The van der Waals surface area contributed by atoms with Crippen LogP contribution in [0.15, 0.2) is 36.4 Å². The van der Waals surface area contributed by atoms with E-state index >= 15 is 0 Å². The highest BCUT2D eigenvalue weighted by Crippen LogP contribution is 2.28. The van der Waals surface area contributed by atoms with Crippen molar-refractivity contribution < 1.29 is 23.4 Å². The van der Waals surface area contributed by atoms with Crippen LogP contribution in [0.4, 0.5) is 8.78 Å². The minimum atomic E-state index is -3.02. The van der Waals surface area contributed by atoms with Crippen LogP contribution in [-0.4, -0.2) is 29.8 Å². The van der Waals surface area contributed by atoms with Crippen LogP contribution >= 0.6 is 0 Å². The standard InChI is InChI=1S/C18H19F2NO3/c19-18(20)24-16-10-12-6-2-1-5-11(12)9-13(16)17(23)21-14-7-3-4-8-15(14)22/h1-2,5-6,9-10,14-15,18,22H,3-4,7-8H2,(H,21,23). The molecule has 128 valence electrons. The molecule has 0 spiro atoms. The van der Waals surface area contributed by atoms with E-state index in [1.54, 1.807) is 18.2 Å². The fraction of sp³-hybridized carbons (Fsp3) is 0.389. The van der Waals surface area contributed by atoms with Crippen molar-refractivity contribution in [1.29, 1.82) is 0 Å². The maximum Gasteiger partial charge on any atom is 0.387 e. The zero-order chi connectivity index (χ0) is 17.1. The number of hydrogen-bond donors (Lipinski definition) is 2. The molecule has 2 aromatic carbocycles. The van der Waals surface area contributed by atoms with E-state index in [4.69, 9.17) is 0 Å². The summed E-state index contributed by atoms with van der Waals surface area (Å²) < 4.78 is 29.9. The first kappa shape index (κ1) is 16.6. The summed E-state index contributed by atoms with van der Waals surface area (Å²) in [4.78, 5) is 12.6. The predicted molar refractivity (Wildman–Crippen MR) is 86.3 cm³/mol. The molecule has 0 radical (unpaired) electrons. The highest BCUT2D eigenvalue weighted by atomic mass is 19.3. The predicted octanol–water partition coefficient (Wildman–Crippen LogP) is 3.47. The Morgan fingerprint density at radius 1 is 1.17 bits per heavy atom. The smallest absolute Gasteiger partial charge is 0.387 e. The number of nitrogens with one attached hydrogen (secondary N) is 1. The second kappa shape index (κ2) is 7.13. The van der Waals surface area contributed by atoms with Gasteiger partial charge in [-0.1, -0.05) is 37.1 Å². The molecule has 1 amide bonds. The van der Waals surface area contributed by atoms with E-state index in [2.05, 4.69) is 10.1 Å². The van der Waals surface area contributed by atoms with E-state index in [0.717, 1.165) is 18.2 Å². The van der Waals surface area contributed by atoms with Crippen molar-refractivity contribution in [1.82, 2.24) is 5.32 Å². The van der Waals surface area contributed by atoms with Crippen molar-refractivity contribution in [2.75, 3.05) is 0 Å². The van der Waals surface area contributed by atoms with Gasteiger partial charge in [0.25, 0.3) is 5.91 Å². The molecule has 1 fully saturated rings. The number of ether oxygens (including phenoxy) is 1. The van der Waals surface area contributed by atoms with E-state index in [1.807, 2.05) is 6.07 Å². The van der Waals surface area contributed by atoms with Crippen molar-refractivity contribution in [3.8, 4) is 5.75 Å². The number of aliphatic hydroxyl groups excluding tert-OH is 1. The van der Waals surface area contributed by atoms with Gasteiger partial charge in [-0.3, -0.25) is 4.79 Å². The molecule has 1 saturated carbocycles. The number of carbonyl (C=O) groups is 1. The van der Waals surface area contributed by atoms with Crippen LogP contribution in [0.5, 0.6) is 5.75 Å². The molecule has 0 bridgehead atoms. The van der Waals surface area contributed by atoms with Crippen LogP contribution in [0.1, 0.15) is 36.0 Å². The van der Waals surface area contributed by atoms with Crippen molar-refractivity contribution in [2.24, 2.45) is 0 Å². The van der Waals surface area contributed by atoms with Crippen LogP contribution in [0.3, 0.4) is 0 Å². The molecule has 3 rings (SSSR count). The molecule has 1 aliphatic carbocycles. The lowest BCUT2D eigenvalue weighted by Crippen LogP contribution is -2.45. The van der Waals surface area contributed by atoms with Crippen molar-refractivity contribution in [3.63, 3.8) is 0 Å². The van der Waals surface area contributed by atoms with Gasteiger partial charge in [-0.05, 0) is 35.7 Å². The minimum absolute atomic E-state index is 0.0479. The normalized spacial score (nSPS) is 21.0. The van der Waals surface area contributed by atoms with Crippen molar-refractivity contribution in [2.45, 2.75) is 44.4 Å². The molecule has 6 heteroatoms. The van der Waals surface area contributed by atoms with Gasteiger partial charge in [0.05, 0.1) is 17.7 Å². The summed E-state index contributed by atoms with van der Waals surface area (Å²) in [6.07, 6.45) is 2.53. The van der Waals surface area contributed by atoms with Gasteiger partial charge in [0, 0.05) is 0 Å². The van der Waals surface area contributed by atoms with Gasteiger partial charge in [0.15, 0.2) is 0 Å². The average molecular weight is 335 g/mol. The quantitative estimate of drug-likeness (QED) is 0.899. The molecule has 24 heavy (non-hydrogen) atoms. The van der Waals surface area contributed by atoms with Crippen LogP contribution in [0.25, 0.3) is 10.8 Å². The number of amides is 1. The lowest BCUT2D eigenvalue weighted by Gasteiger charge is -2.28. The number of aliphatic hydroxyl groups is 1. The molecular weight excluding hydrogens is 316 g/mol. The molecule has 2 N–H and O–H groups in total. The van der Waals surface area contributed by atoms with E-state index in [-0.39, 0.29) is 17.4 Å². The maximum atomic E-state index is 12.7. The van der Waals surface area contributed by atoms with Gasteiger partial charge in [0.1, 0.15) is 5.75 Å². The summed E-state index contributed by atoms with van der Waals surface area (Å²) >= 11 is 0. The summed E-state index contributed by atoms with van der Waals surface area (Å²) in [6, 6.07) is 9.77. The minimum Gasteiger partial charge on any atom is -0.434 e. The van der Waals surface area contributed by atoms with Gasteiger partial charge in [0.2, 0.25) is 0 Å². The Balaban J connectivity index is 1.91. The molecule has 0 aliphatic heterocycles. The topological polar surface area (TPSA) is 58.6 Å². The molecule has 0 heterocycles. The fourth-order valence-electron chi connectivity index (χ4n) is 3.12. The van der Waals surface area contributed by atoms with Crippen LogP contribution < -0.4 is 10.1 Å². The monoisotopic (exact) mass is 335 g/mol. The highest BCUT2D eigenvalue weighted by Gasteiger charge is 2.26. The van der Waals surface area contributed by atoms with E-state index in [9.17, 15) is 18.7 Å². The number of hydrogen-bond acceptors (Lipinski definition) is 3. The first-order valence-corrected chi connectivity index (χ1v) is 8.01. The Morgan fingerprint density at radius 2 is 1.83 bits per heavy atom. The van der Waals surface area contributed by atoms with Crippen LogP contribution in [0.2, 0.25) is 0 Å². The number of benzene rings is 2. The number of alkyl halides is 2. The second-order valence-corrected chi connectivity index (χ2v) is 6.01. The molecule has 0 saturated heterocycles. The Labute approximate surface area is 138 Å². The third-order valence-corrected chi connectivity index (χ3v) is 4.35. The third kappa shape index (κ3) is 3.64. The SMILES string of the molecule is O=C(NC1CCCCC1O)c1cc2ccccc2cc1OC(F)F. The van der Waals surface area contributed by atoms with Gasteiger partial charge in [-0.15, -0.1) is 0 Å². The Morgan fingerprint density at radius 3 is 2.50 bits per heavy atom. The Bertz CT molecular complexity index is 735. The van der Waals surface area contributed by atoms with Gasteiger partial charge in [-0.2, -0.15) is 8.78 Å².